The van der Waals surface area contributed by atoms with Crippen LogP contribution in [0.15, 0.2) is 24.3 Å². The van der Waals surface area contributed by atoms with Gasteiger partial charge in [-0.15, -0.1) is 0 Å². The maximum atomic E-state index is 14.0. The van der Waals surface area contributed by atoms with E-state index in [4.69, 9.17) is 0 Å². The highest BCUT2D eigenvalue weighted by atomic mass is 19.1. The number of hydrogen-bond donors (Lipinski definition) is 1. The van der Waals surface area contributed by atoms with Crippen LogP contribution >= 0.6 is 0 Å². The third-order valence-corrected chi connectivity index (χ3v) is 2.45. The summed E-state index contributed by atoms with van der Waals surface area (Å²) in [4.78, 5) is 0. The Labute approximate surface area is 75.8 Å². The normalized spacial score (nSPS) is 27.8. The van der Waals surface area contributed by atoms with Gasteiger partial charge in [0.05, 0.1) is 0 Å². The number of benzene rings is 1. The van der Waals surface area contributed by atoms with E-state index in [1.807, 2.05) is 0 Å². The van der Waals surface area contributed by atoms with Crippen molar-refractivity contribution in [3.05, 3.63) is 35.6 Å². The number of rotatable bonds is 1. The maximum absolute atomic E-state index is 14.0. The summed E-state index contributed by atoms with van der Waals surface area (Å²) in [6.45, 7) is 0.948. The average Bonchev–Trinajstić information content (AvgIpc) is 2.54. The summed E-state index contributed by atoms with van der Waals surface area (Å²) in [6.07, 6.45) is 0.427. The lowest BCUT2D eigenvalue weighted by molar-refractivity contribution is 0.193. The zero-order valence-corrected chi connectivity index (χ0v) is 7.19. The van der Waals surface area contributed by atoms with Gasteiger partial charge in [0.25, 0.3) is 0 Å². The van der Waals surface area contributed by atoms with Gasteiger partial charge < -0.3 is 5.32 Å². The second-order valence-electron chi connectivity index (χ2n) is 3.40. The first-order chi connectivity index (χ1) is 6.21. The van der Waals surface area contributed by atoms with Crippen LogP contribution < -0.4 is 5.32 Å². The van der Waals surface area contributed by atoms with Crippen molar-refractivity contribution in [2.45, 2.75) is 12.1 Å². The van der Waals surface area contributed by atoms with Crippen molar-refractivity contribution < 1.29 is 8.78 Å². The first kappa shape index (κ1) is 8.63. The van der Waals surface area contributed by atoms with Crippen LogP contribution in [0.3, 0.4) is 0 Å². The van der Waals surface area contributed by atoms with Crippen LogP contribution in [0.5, 0.6) is 0 Å². The van der Waals surface area contributed by atoms with Gasteiger partial charge in [0.2, 0.25) is 0 Å². The SMILES string of the molecule is Fc1cccc([C@@]2(F)CCNC2)c1. The molecule has 2 rings (SSSR count). The molecular formula is C10H11F2N. The molecule has 0 aliphatic carbocycles. The van der Waals surface area contributed by atoms with Gasteiger partial charge >= 0.3 is 0 Å². The molecule has 0 spiro atoms. The van der Waals surface area contributed by atoms with Gasteiger partial charge in [0, 0.05) is 6.54 Å². The molecule has 0 amide bonds. The fraction of sp³-hybridized carbons (Fsp3) is 0.400. The molecule has 1 N–H and O–H groups in total. The molecule has 3 heteroatoms. The minimum absolute atomic E-state index is 0.288. The van der Waals surface area contributed by atoms with Crippen molar-refractivity contribution in [3.63, 3.8) is 0 Å². The number of nitrogens with one attached hydrogen (secondary N) is 1. The van der Waals surface area contributed by atoms with Crippen molar-refractivity contribution in [1.82, 2.24) is 5.32 Å². The third kappa shape index (κ3) is 1.56. The molecule has 1 aliphatic heterocycles. The van der Waals surface area contributed by atoms with Crippen molar-refractivity contribution in [2.75, 3.05) is 13.1 Å². The summed E-state index contributed by atoms with van der Waals surface area (Å²) < 4.78 is 26.8. The summed E-state index contributed by atoms with van der Waals surface area (Å²) in [6, 6.07) is 5.78. The summed E-state index contributed by atoms with van der Waals surface area (Å²) in [5, 5.41) is 2.93. The van der Waals surface area contributed by atoms with Gasteiger partial charge in [-0.3, -0.25) is 0 Å². The molecule has 1 aliphatic rings. The largest absolute Gasteiger partial charge is 0.313 e. The van der Waals surface area contributed by atoms with Crippen molar-refractivity contribution in [3.8, 4) is 0 Å². The average molecular weight is 183 g/mol. The van der Waals surface area contributed by atoms with Crippen molar-refractivity contribution >= 4 is 0 Å². The second kappa shape index (κ2) is 3.07. The summed E-state index contributed by atoms with van der Waals surface area (Å²) in [7, 11) is 0. The topological polar surface area (TPSA) is 12.0 Å². The Morgan fingerprint density at radius 2 is 2.23 bits per heavy atom. The number of hydrogen-bond acceptors (Lipinski definition) is 1. The zero-order chi connectivity index (χ0) is 9.31. The van der Waals surface area contributed by atoms with Gasteiger partial charge in [-0.2, -0.15) is 0 Å². The monoisotopic (exact) mass is 183 g/mol. The molecule has 0 aromatic heterocycles. The number of halogens is 2. The van der Waals surface area contributed by atoms with Crippen LogP contribution in [-0.4, -0.2) is 13.1 Å². The van der Waals surface area contributed by atoms with Gasteiger partial charge in [-0.05, 0) is 30.7 Å². The van der Waals surface area contributed by atoms with E-state index < -0.39 is 5.67 Å². The standard InChI is InChI=1S/C10H11F2N/c11-9-3-1-2-8(6-9)10(12)4-5-13-7-10/h1-3,6,13H,4-5,7H2/t10-/m1/s1. The molecule has 1 saturated heterocycles. The molecule has 1 atom stereocenters. The smallest absolute Gasteiger partial charge is 0.149 e. The van der Waals surface area contributed by atoms with E-state index in [9.17, 15) is 8.78 Å². The van der Waals surface area contributed by atoms with Crippen LogP contribution in [0, 0.1) is 5.82 Å². The molecule has 0 saturated carbocycles. The predicted molar refractivity (Wildman–Crippen MR) is 46.7 cm³/mol. The fourth-order valence-corrected chi connectivity index (χ4v) is 1.68. The Bertz CT molecular complexity index is 306. The summed E-state index contributed by atoms with van der Waals surface area (Å²) >= 11 is 0. The molecule has 1 fully saturated rings. The predicted octanol–water partition coefficient (Wildman–Crippen LogP) is 1.98. The second-order valence-corrected chi connectivity index (χ2v) is 3.40. The van der Waals surface area contributed by atoms with Gasteiger partial charge in [0.15, 0.2) is 0 Å². The molecular weight excluding hydrogens is 172 g/mol. The Morgan fingerprint density at radius 1 is 1.38 bits per heavy atom. The highest BCUT2D eigenvalue weighted by Gasteiger charge is 2.35. The molecule has 0 bridgehead atoms. The molecule has 1 heterocycles. The molecule has 0 unspecified atom stereocenters. The third-order valence-electron chi connectivity index (χ3n) is 2.45. The van der Waals surface area contributed by atoms with E-state index in [2.05, 4.69) is 5.32 Å². The van der Waals surface area contributed by atoms with Crippen molar-refractivity contribution in [1.29, 1.82) is 0 Å². The van der Waals surface area contributed by atoms with Crippen LogP contribution in [0.25, 0.3) is 0 Å². The van der Waals surface area contributed by atoms with Gasteiger partial charge in [-0.1, -0.05) is 12.1 Å². The highest BCUT2D eigenvalue weighted by Crippen LogP contribution is 2.32. The molecule has 1 aromatic carbocycles. The fourth-order valence-electron chi connectivity index (χ4n) is 1.68. The van der Waals surface area contributed by atoms with E-state index in [-0.39, 0.29) is 12.4 Å². The zero-order valence-electron chi connectivity index (χ0n) is 7.19. The Morgan fingerprint density at radius 3 is 2.85 bits per heavy atom. The van der Waals surface area contributed by atoms with E-state index in [1.54, 1.807) is 12.1 Å². The Balaban J connectivity index is 2.33. The molecule has 1 nitrogen and oxygen atoms in total. The summed E-state index contributed by atoms with van der Waals surface area (Å²) in [5.41, 5.74) is -0.931. The molecule has 70 valence electrons. The quantitative estimate of drug-likeness (QED) is 0.702. The van der Waals surface area contributed by atoms with E-state index >= 15 is 0 Å². The van der Waals surface area contributed by atoms with Crippen LogP contribution in [0.4, 0.5) is 8.78 Å². The minimum atomic E-state index is -1.37. The van der Waals surface area contributed by atoms with Crippen molar-refractivity contribution in [2.24, 2.45) is 0 Å². The van der Waals surface area contributed by atoms with Crippen LogP contribution in [0.2, 0.25) is 0 Å². The maximum Gasteiger partial charge on any atom is 0.149 e. The van der Waals surface area contributed by atoms with Gasteiger partial charge in [0.1, 0.15) is 11.5 Å². The van der Waals surface area contributed by atoms with E-state index in [0.717, 1.165) is 0 Å². The first-order valence-corrected chi connectivity index (χ1v) is 4.36. The Kier molecular flexibility index (Phi) is 2.04. The molecule has 1 aromatic rings. The van der Waals surface area contributed by atoms with E-state index in [1.165, 1.54) is 12.1 Å². The Hall–Kier alpha value is -0.960. The lowest BCUT2D eigenvalue weighted by Crippen LogP contribution is -2.23. The minimum Gasteiger partial charge on any atom is -0.313 e. The number of alkyl halides is 1. The molecule has 13 heavy (non-hydrogen) atoms. The lowest BCUT2D eigenvalue weighted by Gasteiger charge is -2.18. The van der Waals surface area contributed by atoms with Crippen LogP contribution in [0.1, 0.15) is 12.0 Å². The van der Waals surface area contributed by atoms with E-state index in [0.29, 0.717) is 18.5 Å². The summed E-state index contributed by atoms with van der Waals surface area (Å²) in [5.74, 6) is -0.374. The molecule has 0 radical (unpaired) electrons. The lowest BCUT2D eigenvalue weighted by atomic mass is 9.95. The first-order valence-electron chi connectivity index (χ1n) is 4.36. The van der Waals surface area contributed by atoms with Gasteiger partial charge in [-0.25, -0.2) is 8.78 Å². The van der Waals surface area contributed by atoms with Crippen LogP contribution in [-0.2, 0) is 5.67 Å². The highest BCUT2D eigenvalue weighted by molar-refractivity contribution is 5.25.